The van der Waals surface area contributed by atoms with Crippen LogP contribution in [-0.4, -0.2) is 41.7 Å². The molecule has 0 amide bonds. The van der Waals surface area contributed by atoms with Crippen LogP contribution in [0.1, 0.15) is 22.8 Å². The third kappa shape index (κ3) is 3.80. The summed E-state index contributed by atoms with van der Waals surface area (Å²) in [5, 5.41) is 4.22. The van der Waals surface area contributed by atoms with E-state index in [1.54, 1.807) is 24.3 Å². The van der Waals surface area contributed by atoms with Crippen LogP contribution in [0.2, 0.25) is 0 Å². The van der Waals surface area contributed by atoms with Crippen LogP contribution in [0.25, 0.3) is 0 Å². The molecule has 1 aromatic heterocycles. The SMILES string of the molecule is COC(=O)c1cccc(Cn2nc(OC(C)C3CO3)ccc2=O)c1. The Morgan fingerprint density at radius 2 is 2.21 bits per heavy atom. The van der Waals surface area contributed by atoms with Gasteiger partial charge < -0.3 is 14.2 Å². The lowest BCUT2D eigenvalue weighted by atomic mass is 10.1. The maximum absolute atomic E-state index is 12.0. The van der Waals surface area contributed by atoms with Crippen molar-refractivity contribution in [1.82, 2.24) is 9.78 Å². The van der Waals surface area contributed by atoms with Gasteiger partial charge >= 0.3 is 5.97 Å². The Morgan fingerprint density at radius 3 is 2.92 bits per heavy atom. The first-order chi connectivity index (χ1) is 11.6. The lowest BCUT2D eigenvalue weighted by Crippen LogP contribution is -2.25. The third-order valence-electron chi connectivity index (χ3n) is 3.71. The Balaban J connectivity index is 1.79. The van der Waals surface area contributed by atoms with Gasteiger partial charge in [-0.25, -0.2) is 9.48 Å². The second kappa shape index (κ2) is 6.84. The molecule has 1 aliphatic heterocycles. The molecule has 1 aliphatic rings. The van der Waals surface area contributed by atoms with Gasteiger partial charge in [-0.05, 0) is 24.6 Å². The van der Waals surface area contributed by atoms with E-state index in [9.17, 15) is 9.59 Å². The summed E-state index contributed by atoms with van der Waals surface area (Å²) in [7, 11) is 1.33. The van der Waals surface area contributed by atoms with Crippen LogP contribution in [0, 0.1) is 0 Å². The number of carbonyl (C=O) groups is 1. The molecule has 0 aliphatic carbocycles. The molecule has 2 aromatic rings. The summed E-state index contributed by atoms with van der Waals surface area (Å²) < 4.78 is 16.9. The first kappa shape index (κ1) is 16.2. The van der Waals surface area contributed by atoms with E-state index in [1.165, 1.54) is 17.9 Å². The summed E-state index contributed by atoms with van der Waals surface area (Å²) in [5.74, 6) is -0.0609. The molecule has 2 heterocycles. The fourth-order valence-corrected chi connectivity index (χ4v) is 2.29. The Kier molecular flexibility index (Phi) is 4.61. The summed E-state index contributed by atoms with van der Waals surface area (Å²) in [6, 6.07) is 9.83. The van der Waals surface area contributed by atoms with E-state index < -0.39 is 5.97 Å². The predicted octanol–water partition coefficient (Wildman–Crippen LogP) is 1.24. The molecule has 0 saturated carbocycles. The molecule has 2 unspecified atom stereocenters. The van der Waals surface area contributed by atoms with Crippen molar-refractivity contribution < 1.29 is 19.0 Å². The van der Waals surface area contributed by atoms with Gasteiger partial charge in [-0.1, -0.05) is 12.1 Å². The van der Waals surface area contributed by atoms with E-state index in [-0.39, 0.29) is 24.3 Å². The standard InChI is InChI=1S/C17H18N2O5/c1-11(14-10-23-14)24-15-6-7-16(20)19(18-15)9-12-4-3-5-13(8-12)17(21)22-2/h3-8,11,14H,9-10H2,1-2H3. The summed E-state index contributed by atoms with van der Waals surface area (Å²) >= 11 is 0. The van der Waals surface area contributed by atoms with Crippen molar-refractivity contribution in [3.63, 3.8) is 0 Å². The largest absolute Gasteiger partial charge is 0.471 e. The van der Waals surface area contributed by atoms with Gasteiger partial charge in [0.25, 0.3) is 5.56 Å². The van der Waals surface area contributed by atoms with E-state index in [2.05, 4.69) is 5.10 Å². The van der Waals surface area contributed by atoms with Crippen LogP contribution >= 0.6 is 0 Å². The highest BCUT2D eigenvalue weighted by atomic mass is 16.6. The number of rotatable bonds is 6. The molecule has 1 saturated heterocycles. The lowest BCUT2D eigenvalue weighted by Gasteiger charge is -2.12. The fourth-order valence-electron chi connectivity index (χ4n) is 2.29. The highest BCUT2D eigenvalue weighted by molar-refractivity contribution is 5.89. The van der Waals surface area contributed by atoms with Gasteiger partial charge in [-0.3, -0.25) is 4.79 Å². The van der Waals surface area contributed by atoms with Crippen LogP contribution in [-0.2, 0) is 16.0 Å². The summed E-state index contributed by atoms with van der Waals surface area (Å²) in [4.78, 5) is 23.6. The molecule has 0 radical (unpaired) electrons. The smallest absolute Gasteiger partial charge is 0.337 e. The van der Waals surface area contributed by atoms with Crippen molar-refractivity contribution in [1.29, 1.82) is 0 Å². The molecule has 7 nitrogen and oxygen atoms in total. The van der Waals surface area contributed by atoms with E-state index in [1.807, 2.05) is 13.0 Å². The minimum Gasteiger partial charge on any atom is -0.471 e. The van der Waals surface area contributed by atoms with Crippen LogP contribution in [0.5, 0.6) is 5.88 Å². The number of hydrogen-bond donors (Lipinski definition) is 0. The topological polar surface area (TPSA) is 83.0 Å². The Labute approximate surface area is 138 Å². The number of esters is 1. The van der Waals surface area contributed by atoms with Gasteiger partial charge in [0.05, 0.1) is 25.8 Å². The number of ether oxygens (including phenoxy) is 3. The summed E-state index contributed by atoms with van der Waals surface area (Å²) in [5.41, 5.74) is 0.944. The molecule has 126 valence electrons. The van der Waals surface area contributed by atoms with Gasteiger partial charge in [-0.2, -0.15) is 0 Å². The molecule has 7 heteroatoms. The van der Waals surface area contributed by atoms with Crippen molar-refractivity contribution in [2.75, 3.05) is 13.7 Å². The zero-order valence-corrected chi connectivity index (χ0v) is 13.5. The Morgan fingerprint density at radius 1 is 1.42 bits per heavy atom. The highest BCUT2D eigenvalue weighted by Crippen LogP contribution is 2.18. The molecule has 1 aromatic carbocycles. The van der Waals surface area contributed by atoms with Crippen molar-refractivity contribution in [3.05, 3.63) is 57.9 Å². The van der Waals surface area contributed by atoms with E-state index in [4.69, 9.17) is 14.2 Å². The molecule has 1 fully saturated rings. The van der Waals surface area contributed by atoms with Gasteiger partial charge in [0.15, 0.2) is 0 Å². The Hall–Kier alpha value is -2.67. The molecule has 0 N–H and O–H groups in total. The van der Waals surface area contributed by atoms with Crippen molar-refractivity contribution in [2.24, 2.45) is 0 Å². The monoisotopic (exact) mass is 330 g/mol. The number of carbonyl (C=O) groups excluding carboxylic acids is 1. The van der Waals surface area contributed by atoms with Crippen LogP contribution in [0.4, 0.5) is 0 Å². The first-order valence-electron chi connectivity index (χ1n) is 7.60. The van der Waals surface area contributed by atoms with Crippen molar-refractivity contribution >= 4 is 5.97 Å². The lowest BCUT2D eigenvalue weighted by molar-refractivity contribution is 0.0600. The van der Waals surface area contributed by atoms with E-state index in [0.29, 0.717) is 18.1 Å². The normalized spacial score (nSPS) is 17.2. The maximum atomic E-state index is 12.0. The molecular weight excluding hydrogens is 312 g/mol. The Bertz CT molecular complexity index is 798. The third-order valence-corrected chi connectivity index (χ3v) is 3.71. The number of nitrogens with zero attached hydrogens (tertiary/aromatic N) is 2. The molecule has 3 rings (SSSR count). The van der Waals surface area contributed by atoms with Crippen molar-refractivity contribution in [2.45, 2.75) is 25.7 Å². The van der Waals surface area contributed by atoms with Gasteiger partial charge in [0.2, 0.25) is 5.88 Å². The fraction of sp³-hybridized carbons (Fsp3) is 0.353. The van der Waals surface area contributed by atoms with Crippen molar-refractivity contribution in [3.8, 4) is 5.88 Å². The molecule has 2 atom stereocenters. The summed E-state index contributed by atoms with van der Waals surface area (Å²) in [6.07, 6.45) is -0.0324. The number of aromatic nitrogens is 2. The van der Waals surface area contributed by atoms with E-state index >= 15 is 0 Å². The zero-order valence-electron chi connectivity index (χ0n) is 13.5. The second-order valence-corrected chi connectivity index (χ2v) is 5.55. The van der Waals surface area contributed by atoms with Crippen LogP contribution in [0.15, 0.2) is 41.2 Å². The number of methoxy groups -OCH3 is 1. The van der Waals surface area contributed by atoms with Gasteiger partial charge in [-0.15, -0.1) is 5.10 Å². The second-order valence-electron chi connectivity index (χ2n) is 5.55. The minimum atomic E-state index is -0.424. The van der Waals surface area contributed by atoms with Crippen LogP contribution < -0.4 is 10.3 Å². The molecule has 24 heavy (non-hydrogen) atoms. The van der Waals surface area contributed by atoms with Gasteiger partial charge in [0.1, 0.15) is 12.2 Å². The zero-order chi connectivity index (χ0) is 17.1. The highest BCUT2D eigenvalue weighted by Gasteiger charge is 2.31. The number of hydrogen-bond acceptors (Lipinski definition) is 6. The molecule has 0 bridgehead atoms. The average molecular weight is 330 g/mol. The van der Waals surface area contributed by atoms with Crippen LogP contribution in [0.3, 0.4) is 0 Å². The van der Waals surface area contributed by atoms with Gasteiger partial charge in [0, 0.05) is 12.1 Å². The number of epoxide rings is 1. The molecule has 0 spiro atoms. The quantitative estimate of drug-likeness (QED) is 0.585. The molecular formula is C17H18N2O5. The summed E-state index contributed by atoms with van der Waals surface area (Å²) in [6.45, 7) is 2.81. The minimum absolute atomic E-state index is 0.0870. The average Bonchev–Trinajstić information content (AvgIpc) is 3.42. The first-order valence-corrected chi connectivity index (χ1v) is 7.60. The number of benzene rings is 1. The predicted molar refractivity (Wildman–Crippen MR) is 85.2 cm³/mol. The maximum Gasteiger partial charge on any atom is 0.337 e. The van der Waals surface area contributed by atoms with E-state index in [0.717, 1.165) is 5.56 Å².